The van der Waals surface area contributed by atoms with Crippen LogP contribution in [0.25, 0.3) is 17.0 Å². The summed E-state index contributed by atoms with van der Waals surface area (Å²) in [5.41, 5.74) is 1.80. The van der Waals surface area contributed by atoms with E-state index in [-0.39, 0.29) is 42.5 Å². The zero-order chi connectivity index (χ0) is 22.7. The molecule has 1 amide bonds. The van der Waals surface area contributed by atoms with Gasteiger partial charge in [0.25, 0.3) is 0 Å². The molecule has 1 aromatic heterocycles. The minimum absolute atomic E-state index is 0.00102. The number of fused-ring (bicyclic) bond motifs is 1. The van der Waals surface area contributed by atoms with Crippen molar-refractivity contribution < 1.29 is 17.6 Å². The Morgan fingerprint density at radius 1 is 1.09 bits per heavy atom. The monoisotopic (exact) mass is 449 g/mol. The van der Waals surface area contributed by atoms with Crippen molar-refractivity contribution >= 4 is 33.0 Å². The van der Waals surface area contributed by atoms with Crippen molar-refractivity contribution in [3.8, 4) is 6.07 Å². The molecule has 3 aromatic rings. The van der Waals surface area contributed by atoms with Crippen molar-refractivity contribution in [2.45, 2.75) is 18.2 Å². The summed E-state index contributed by atoms with van der Waals surface area (Å²) < 4.78 is 33.1. The molecule has 164 valence electrons. The standard InChI is InChI=1S/C24H23N3O4S/c1-2-21-20(19-8-4-5-9-22(19)31-21)11-12-24(28)26-13-15-27(16-14-26)32(29,30)23-10-6-3-7-18(23)17-25/h3-12H,2,13-16H2,1H3/b12-11+. The summed E-state index contributed by atoms with van der Waals surface area (Å²) >= 11 is 0. The second kappa shape index (κ2) is 8.99. The maximum absolute atomic E-state index is 13.0. The van der Waals surface area contributed by atoms with Gasteiger partial charge in [0.2, 0.25) is 15.9 Å². The fourth-order valence-electron chi connectivity index (χ4n) is 3.89. The molecule has 0 spiro atoms. The van der Waals surface area contributed by atoms with Gasteiger partial charge in [-0.2, -0.15) is 9.57 Å². The molecule has 1 fully saturated rings. The van der Waals surface area contributed by atoms with Gasteiger partial charge in [-0.05, 0) is 24.3 Å². The van der Waals surface area contributed by atoms with Crippen LogP contribution in [-0.2, 0) is 21.2 Å². The number of benzene rings is 2. The van der Waals surface area contributed by atoms with E-state index in [0.29, 0.717) is 6.42 Å². The van der Waals surface area contributed by atoms with Crippen LogP contribution in [0.5, 0.6) is 0 Å². The molecule has 0 radical (unpaired) electrons. The van der Waals surface area contributed by atoms with Crippen LogP contribution in [0.2, 0.25) is 0 Å². The third-order valence-corrected chi connectivity index (χ3v) is 7.56. The summed E-state index contributed by atoms with van der Waals surface area (Å²) in [7, 11) is -3.79. The summed E-state index contributed by atoms with van der Waals surface area (Å²) in [6.07, 6.45) is 4.01. The van der Waals surface area contributed by atoms with Crippen LogP contribution in [-0.4, -0.2) is 49.7 Å². The molecular formula is C24H23N3O4S. The number of aryl methyl sites for hydroxylation is 1. The van der Waals surface area contributed by atoms with Crippen molar-refractivity contribution in [1.29, 1.82) is 5.26 Å². The fraction of sp³-hybridized carbons (Fsp3) is 0.250. The van der Waals surface area contributed by atoms with Gasteiger partial charge < -0.3 is 9.32 Å². The summed E-state index contributed by atoms with van der Waals surface area (Å²) in [5, 5.41) is 10.2. The number of hydrogen-bond donors (Lipinski definition) is 0. The maximum atomic E-state index is 13.0. The Morgan fingerprint density at radius 3 is 2.50 bits per heavy atom. The lowest BCUT2D eigenvalue weighted by molar-refractivity contribution is -0.127. The predicted molar refractivity (Wildman–Crippen MR) is 121 cm³/mol. The van der Waals surface area contributed by atoms with Crippen LogP contribution in [0, 0.1) is 11.3 Å². The van der Waals surface area contributed by atoms with Crippen LogP contribution >= 0.6 is 0 Å². The van der Waals surface area contributed by atoms with E-state index in [0.717, 1.165) is 22.3 Å². The number of para-hydroxylation sites is 1. The molecule has 0 bridgehead atoms. The van der Waals surface area contributed by atoms with E-state index in [1.165, 1.54) is 22.5 Å². The largest absolute Gasteiger partial charge is 0.460 e. The SMILES string of the molecule is CCc1oc2ccccc2c1/C=C/C(=O)N1CCN(S(=O)(=O)c2ccccc2C#N)CC1. The Kier molecular flexibility index (Phi) is 6.12. The van der Waals surface area contributed by atoms with Gasteiger partial charge in [0.1, 0.15) is 17.4 Å². The molecule has 2 heterocycles. The molecule has 8 heteroatoms. The second-order valence-electron chi connectivity index (χ2n) is 7.46. The number of hydrogen-bond acceptors (Lipinski definition) is 5. The van der Waals surface area contributed by atoms with Crippen molar-refractivity contribution in [3.05, 3.63) is 71.5 Å². The first-order valence-corrected chi connectivity index (χ1v) is 11.9. The van der Waals surface area contributed by atoms with Gasteiger partial charge in [0.15, 0.2) is 0 Å². The summed E-state index contributed by atoms with van der Waals surface area (Å²) in [6, 6.07) is 15.8. The number of nitrogens with zero attached hydrogens (tertiary/aromatic N) is 3. The number of carbonyl (C=O) groups is 1. The number of sulfonamides is 1. The third-order valence-electron chi connectivity index (χ3n) is 5.60. The van der Waals surface area contributed by atoms with Gasteiger partial charge in [-0.1, -0.05) is 37.3 Å². The fourth-order valence-corrected chi connectivity index (χ4v) is 5.46. The first kappa shape index (κ1) is 21.8. The highest BCUT2D eigenvalue weighted by molar-refractivity contribution is 7.89. The Labute approximate surface area is 187 Å². The lowest BCUT2D eigenvalue weighted by Crippen LogP contribution is -2.50. The Morgan fingerprint density at radius 2 is 1.78 bits per heavy atom. The molecule has 0 N–H and O–H groups in total. The molecule has 1 saturated heterocycles. The lowest BCUT2D eigenvalue weighted by Gasteiger charge is -2.33. The molecule has 0 aliphatic carbocycles. The van der Waals surface area contributed by atoms with E-state index >= 15 is 0 Å². The highest BCUT2D eigenvalue weighted by Crippen LogP contribution is 2.27. The normalized spacial score (nSPS) is 15.3. The molecule has 4 rings (SSSR count). The van der Waals surface area contributed by atoms with Crippen molar-refractivity contribution in [1.82, 2.24) is 9.21 Å². The molecular weight excluding hydrogens is 426 g/mol. The van der Waals surface area contributed by atoms with Gasteiger partial charge in [0.05, 0.1) is 10.5 Å². The van der Waals surface area contributed by atoms with Crippen molar-refractivity contribution in [3.63, 3.8) is 0 Å². The molecule has 0 unspecified atom stereocenters. The number of carbonyl (C=O) groups excluding carboxylic acids is 1. The van der Waals surface area contributed by atoms with Crippen LogP contribution in [0.3, 0.4) is 0 Å². The number of amides is 1. The van der Waals surface area contributed by atoms with E-state index in [1.807, 2.05) is 37.3 Å². The lowest BCUT2D eigenvalue weighted by atomic mass is 10.1. The third kappa shape index (κ3) is 4.05. The number of rotatable bonds is 5. The van der Waals surface area contributed by atoms with Crippen LogP contribution < -0.4 is 0 Å². The highest BCUT2D eigenvalue weighted by atomic mass is 32.2. The van der Waals surface area contributed by atoms with E-state index in [9.17, 15) is 18.5 Å². The first-order valence-electron chi connectivity index (χ1n) is 10.4. The highest BCUT2D eigenvalue weighted by Gasteiger charge is 2.31. The summed E-state index contributed by atoms with van der Waals surface area (Å²) in [4.78, 5) is 14.4. The Hall–Kier alpha value is -3.41. The van der Waals surface area contributed by atoms with Gasteiger partial charge in [-0.25, -0.2) is 8.42 Å². The molecule has 32 heavy (non-hydrogen) atoms. The zero-order valence-electron chi connectivity index (χ0n) is 17.7. The molecule has 0 saturated carbocycles. The number of piperazine rings is 1. The van der Waals surface area contributed by atoms with Gasteiger partial charge in [-0.3, -0.25) is 4.79 Å². The molecule has 0 atom stereocenters. The second-order valence-corrected chi connectivity index (χ2v) is 9.37. The van der Waals surface area contributed by atoms with Crippen molar-refractivity contribution in [2.24, 2.45) is 0 Å². The first-order chi connectivity index (χ1) is 15.5. The van der Waals surface area contributed by atoms with Gasteiger partial charge in [-0.15, -0.1) is 0 Å². The molecule has 1 aliphatic heterocycles. The van der Waals surface area contributed by atoms with Gasteiger partial charge in [0, 0.05) is 49.6 Å². The average Bonchev–Trinajstić information content (AvgIpc) is 3.20. The average molecular weight is 450 g/mol. The smallest absolute Gasteiger partial charge is 0.246 e. The predicted octanol–water partition coefficient (Wildman–Crippen LogP) is 3.41. The van der Waals surface area contributed by atoms with E-state index < -0.39 is 10.0 Å². The minimum atomic E-state index is -3.79. The number of nitriles is 1. The van der Waals surface area contributed by atoms with E-state index in [2.05, 4.69) is 0 Å². The van der Waals surface area contributed by atoms with Crippen molar-refractivity contribution in [2.75, 3.05) is 26.2 Å². The number of furan rings is 1. The Balaban J connectivity index is 1.46. The molecule has 1 aliphatic rings. The topological polar surface area (TPSA) is 94.6 Å². The van der Waals surface area contributed by atoms with Crippen LogP contribution in [0.4, 0.5) is 0 Å². The van der Waals surface area contributed by atoms with E-state index in [1.54, 1.807) is 23.1 Å². The molecule has 2 aromatic carbocycles. The van der Waals surface area contributed by atoms with E-state index in [4.69, 9.17) is 4.42 Å². The minimum Gasteiger partial charge on any atom is -0.460 e. The quantitative estimate of drug-likeness (QED) is 0.557. The van der Waals surface area contributed by atoms with Crippen LogP contribution in [0.1, 0.15) is 23.8 Å². The summed E-state index contributed by atoms with van der Waals surface area (Å²) in [5.74, 6) is 0.647. The summed E-state index contributed by atoms with van der Waals surface area (Å²) in [6.45, 7) is 2.92. The maximum Gasteiger partial charge on any atom is 0.246 e. The van der Waals surface area contributed by atoms with Gasteiger partial charge >= 0.3 is 0 Å². The zero-order valence-corrected chi connectivity index (χ0v) is 18.5. The Bertz CT molecular complexity index is 1330. The molecule has 7 nitrogen and oxygen atoms in total. The van der Waals surface area contributed by atoms with Crippen LogP contribution in [0.15, 0.2) is 63.9 Å².